The molecule has 0 aliphatic heterocycles. The minimum atomic E-state index is -0.376. The summed E-state index contributed by atoms with van der Waals surface area (Å²) in [6.45, 7) is 3.85. The summed E-state index contributed by atoms with van der Waals surface area (Å²) in [6, 6.07) is 11.3. The lowest BCUT2D eigenvalue weighted by Crippen LogP contribution is -2.36. The summed E-state index contributed by atoms with van der Waals surface area (Å²) in [7, 11) is 0. The van der Waals surface area contributed by atoms with Crippen LogP contribution in [0.15, 0.2) is 30.3 Å². The first-order chi connectivity index (χ1) is 8.19. The van der Waals surface area contributed by atoms with Gasteiger partial charge in [0, 0.05) is 0 Å². The predicted octanol–water partition coefficient (Wildman–Crippen LogP) is 2.60. The Labute approximate surface area is 102 Å². The molecular formula is C14H18N2O. The normalized spacial score (nSPS) is 13.5. The number of carbonyl (C=O) groups is 1. The van der Waals surface area contributed by atoms with Gasteiger partial charge in [-0.05, 0) is 18.9 Å². The molecule has 0 aliphatic carbocycles. The van der Waals surface area contributed by atoms with Crippen LogP contribution in [0, 0.1) is 11.3 Å². The molecule has 3 nitrogen and oxygen atoms in total. The minimum absolute atomic E-state index is 0.0869. The lowest BCUT2D eigenvalue weighted by Gasteiger charge is -2.15. The fourth-order valence-corrected chi connectivity index (χ4v) is 1.65. The summed E-state index contributed by atoms with van der Waals surface area (Å²) in [5, 5.41) is 11.7. The topological polar surface area (TPSA) is 52.9 Å². The molecule has 1 aromatic carbocycles. The van der Waals surface area contributed by atoms with E-state index in [9.17, 15) is 4.79 Å². The van der Waals surface area contributed by atoms with E-state index in [0.717, 1.165) is 12.0 Å². The van der Waals surface area contributed by atoms with Gasteiger partial charge in [0.05, 0.1) is 12.0 Å². The third kappa shape index (κ3) is 3.92. The Hall–Kier alpha value is -1.82. The van der Waals surface area contributed by atoms with Gasteiger partial charge in [-0.2, -0.15) is 5.26 Å². The van der Waals surface area contributed by atoms with E-state index in [1.54, 1.807) is 0 Å². The highest BCUT2D eigenvalue weighted by Gasteiger charge is 2.17. The molecule has 1 N–H and O–H groups in total. The molecule has 3 heteroatoms. The molecule has 0 aromatic heterocycles. The van der Waals surface area contributed by atoms with Gasteiger partial charge in [-0.25, -0.2) is 0 Å². The van der Waals surface area contributed by atoms with Crippen LogP contribution in [0.4, 0.5) is 0 Å². The average molecular weight is 230 g/mol. The maximum absolute atomic E-state index is 11.9. The standard InChI is InChI=1S/C14H18N2O/c1-3-7-13(10-15)16-14(17)11(2)12-8-5-4-6-9-12/h4-6,8-9,11,13H,3,7H2,1-2H3,(H,16,17). The van der Waals surface area contributed by atoms with Crippen molar-refractivity contribution in [2.24, 2.45) is 0 Å². The number of rotatable bonds is 5. The third-order valence-corrected chi connectivity index (χ3v) is 2.74. The van der Waals surface area contributed by atoms with Gasteiger partial charge in [0.2, 0.25) is 5.91 Å². The third-order valence-electron chi connectivity index (χ3n) is 2.74. The lowest BCUT2D eigenvalue weighted by molar-refractivity contribution is -0.122. The number of nitrogens with one attached hydrogen (secondary N) is 1. The molecule has 90 valence electrons. The van der Waals surface area contributed by atoms with Gasteiger partial charge >= 0.3 is 0 Å². The van der Waals surface area contributed by atoms with E-state index in [1.165, 1.54) is 0 Å². The van der Waals surface area contributed by atoms with E-state index < -0.39 is 0 Å². The molecule has 2 atom stereocenters. The average Bonchev–Trinajstić information content (AvgIpc) is 2.38. The largest absolute Gasteiger partial charge is 0.340 e. The number of nitrogens with zero attached hydrogens (tertiary/aromatic N) is 1. The van der Waals surface area contributed by atoms with Gasteiger partial charge in [-0.3, -0.25) is 4.79 Å². The molecule has 0 saturated heterocycles. The fourth-order valence-electron chi connectivity index (χ4n) is 1.65. The van der Waals surface area contributed by atoms with Crippen molar-refractivity contribution in [1.82, 2.24) is 5.32 Å². The van der Waals surface area contributed by atoms with Crippen LogP contribution >= 0.6 is 0 Å². The summed E-state index contributed by atoms with van der Waals surface area (Å²) >= 11 is 0. The molecule has 0 fully saturated rings. The Bertz CT molecular complexity index is 394. The van der Waals surface area contributed by atoms with Crippen molar-refractivity contribution >= 4 is 5.91 Å². The summed E-state index contributed by atoms with van der Waals surface area (Å²) in [5.41, 5.74) is 0.971. The maximum Gasteiger partial charge on any atom is 0.228 e. The minimum Gasteiger partial charge on any atom is -0.340 e. The lowest BCUT2D eigenvalue weighted by atomic mass is 10.00. The van der Waals surface area contributed by atoms with Crippen molar-refractivity contribution in [2.75, 3.05) is 0 Å². The van der Waals surface area contributed by atoms with Crippen molar-refractivity contribution in [1.29, 1.82) is 5.26 Å². The Morgan fingerprint density at radius 2 is 2.06 bits per heavy atom. The molecule has 0 aliphatic rings. The van der Waals surface area contributed by atoms with E-state index in [4.69, 9.17) is 5.26 Å². The molecule has 0 radical (unpaired) electrons. The second-order valence-electron chi connectivity index (χ2n) is 4.11. The Balaban J connectivity index is 2.62. The Morgan fingerprint density at radius 3 is 2.59 bits per heavy atom. The second kappa shape index (κ2) is 6.70. The first-order valence-corrected chi connectivity index (χ1v) is 5.94. The summed E-state index contributed by atoms with van der Waals surface area (Å²) in [4.78, 5) is 11.9. The molecule has 1 aromatic rings. The fraction of sp³-hybridized carbons (Fsp3) is 0.429. The zero-order valence-corrected chi connectivity index (χ0v) is 10.3. The molecule has 0 bridgehead atoms. The first-order valence-electron chi connectivity index (χ1n) is 5.94. The van der Waals surface area contributed by atoms with Crippen LogP contribution in [-0.2, 0) is 4.79 Å². The van der Waals surface area contributed by atoms with E-state index in [1.807, 2.05) is 44.2 Å². The molecule has 1 rings (SSSR count). The van der Waals surface area contributed by atoms with Gasteiger partial charge in [0.15, 0.2) is 0 Å². The van der Waals surface area contributed by atoms with Crippen molar-refractivity contribution in [3.8, 4) is 6.07 Å². The molecule has 2 unspecified atom stereocenters. The van der Waals surface area contributed by atoms with Gasteiger partial charge in [-0.15, -0.1) is 0 Å². The van der Waals surface area contributed by atoms with Crippen LogP contribution in [-0.4, -0.2) is 11.9 Å². The number of hydrogen-bond acceptors (Lipinski definition) is 2. The van der Waals surface area contributed by atoms with Crippen molar-refractivity contribution in [2.45, 2.75) is 38.6 Å². The van der Waals surface area contributed by atoms with E-state index in [0.29, 0.717) is 6.42 Å². The molecule has 0 heterocycles. The highest BCUT2D eigenvalue weighted by atomic mass is 16.1. The smallest absolute Gasteiger partial charge is 0.228 e. The van der Waals surface area contributed by atoms with Crippen molar-refractivity contribution < 1.29 is 4.79 Å². The Morgan fingerprint density at radius 1 is 1.41 bits per heavy atom. The van der Waals surface area contributed by atoms with E-state index >= 15 is 0 Å². The molecule has 17 heavy (non-hydrogen) atoms. The van der Waals surface area contributed by atoms with Gasteiger partial charge in [0.1, 0.15) is 6.04 Å². The molecular weight excluding hydrogens is 212 g/mol. The van der Waals surface area contributed by atoms with E-state index in [2.05, 4.69) is 11.4 Å². The van der Waals surface area contributed by atoms with E-state index in [-0.39, 0.29) is 17.9 Å². The predicted molar refractivity (Wildman–Crippen MR) is 67.3 cm³/mol. The zero-order valence-electron chi connectivity index (χ0n) is 10.3. The molecule has 0 spiro atoms. The maximum atomic E-state index is 11.9. The molecule has 1 amide bonds. The van der Waals surface area contributed by atoms with Crippen molar-refractivity contribution in [3.05, 3.63) is 35.9 Å². The highest BCUT2D eigenvalue weighted by molar-refractivity contribution is 5.83. The number of hydrogen-bond donors (Lipinski definition) is 1. The van der Waals surface area contributed by atoms with Crippen LogP contribution in [0.1, 0.15) is 38.2 Å². The van der Waals surface area contributed by atoms with Gasteiger partial charge < -0.3 is 5.32 Å². The number of nitriles is 1. The SMILES string of the molecule is CCCC(C#N)NC(=O)C(C)c1ccccc1. The Kier molecular flexibility index (Phi) is 5.22. The zero-order chi connectivity index (χ0) is 12.7. The van der Waals surface area contributed by atoms with Crippen LogP contribution in [0.5, 0.6) is 0 Å². The quantitative estimate of drug-likeness (QED) is 0.845. The number of benzene rings is 1. The van der Waals surface area contributed by atoms with Crippen LogP contribution in [0.3, 0.4) is 0 Å². The van der Waals surface area contributed by atoms with Crippen LogP contribution < -0.4 is 5.32 Å². The van der Waals surface area contributed by atoms with Gasteiger partial charge in [-0.1, -0.05) is 43.7 Å². The van der Waals surface area contributed by atoms with Gasteiger partial charge in [0.25, 0.3) is 0 Å². The monoisotopic (exact) mass is 230 g/mol. The second-order valence-corrected chi connectivity index (χ2v) is 4.11. The number of carbonyl (C=O) groups excluding carboxylic acids is 1. The summed E-state index contributed by atoms with van der Waals surface area (Å²) in [5.74, 6) is -0.305. The van der Waals surface area contributed by atoms with Crippen LogP contribution in [0.25, 0.3) is 0 Å². The summed E-state index contributed by atoms with van der Waals surface area (Å²) in [6.07, 6.45) is 1.59. The van der Waals surface area contributed by atoms with Crippen molar-refractivity contribution in [3.63, 3.8) is 0 Å². The van der Waals surface area contributed by atoms with Crippen LogP contribution in [0.2, 0.25) is 0 Å². The molecule has 0 saturated carbocycles. The number of amides is 1. The first kappa shape index (κ1) is 13.2. The summed E-state index contributed by atoms with van der Waals surface area (Å²) < 4.78 is 0. The highest BCUT2D eigenvalue weighted by Crippen LogP contribution is 2.14.